The monoisotopic (exact) mass is 243 g/mol. The third kappa shape index (κ3) is 1.90. The first-order valence-corrected chi connectivity index (χ1v) is 5.42. The molecule has 0 amide bonds. The molecule has 1 fully saturated rings. The molecule has 0 saturated heterocycles. The summed E-state index contributed by atoms with van der Waals surface area (Å²) in [5.74, 6) is 0.224. The van der Waals surface area contributed by atoms with Gasteiger partial charge in [-0.25, -0.2) is 4.39 Å². The fourth-order valence-corrected chi connectivity index (χ4v) is 2.64. The maximum atomic E-state index is 13.3. The molecular weight excluding hydrogens is 233 g/mol. The SMILES string of the molecule is Fc1cnccc1C1CCC(Br)C1. The van der Waals surface area contributed by atoms with E-state index in [2.05, 4.69) is 20.9 Å². The minimum absolute atomic E-state index is 0.158. The molecule has 2 unspecified atom stereocenters. The lowest BCUT2D eigenvalue weighted by Gasteiger charge is -2.09. The predicted octanol–water partition coefficient (Wildman–Crippen LogP) is 3.25. The molecule has 0 spiro atoms. The zero-order chi connectivity index (χ0) is 9.26. The molecule has 1 aliphatic rings. The van der Waals surface area contributed by atoms with Crippen LogP contribution < -0.4 is 0 Å². The van der Waals surface area contributed by atoms with Gasteiger partial charge in [-0.2, -0.15) is 0 Å². The molecule has 2 atom stereocenters. The molecule has 3 heteroatoms. The summed E-state index contributed by atoms with van der Waals surface area (Å²) in [5, 5.41) is 0. The van der Waals surface area contributed by atoms with E-state index < -0.39 is 0 Å². The van der Waals surface area contributed by atoms with Crippen LogP contribution in [0.5, 0.6) is 0 Å². The Labute approximate surface area is 85.5 Å². The molecule has 70 valence electrons. The van der Waals surface area contributed by atoms with Crippen LogP contribution in [0.1, 0.15) is 30.7 Å². The van der Waals surface area contributed by atoms with E-state index in [0.29, 0.717) is 10.7 Å². The van der Waals surface area contributed by atoms with Gasteiger partial charge in [-0.1, -0.05) is 15.9 Å². The second-order valence-electron chi connectivity index (χ2n) is 3.50. The lowest BCUT2D eigenvalue weighted by Crippen LogP contribution is -1.98. The number of pyridine rings is 1. The largest absolute Gasteiger partial charge is 0.262 e. The van der Waals surface area contributed by atoms with Gasteiger partial charge in [0.1, 0.15) is 5.82 Å². The summed E-state index contributed by atoms with van der Waals surface area (Å²) in [6.07, 6.45) is 6.24. The van der Waals surface area contributed by atoms with Crippen molar-refractivity contribution in [1.82, 2.24) is 4.98 Å². The van der Waals surface area contributed by atoms with E-state index in [0.717, 1.165) is 24.8 Å². The zero-order valence-corrected chi connectivity index (χ0v) is 8.80. The van der Waals surface area contributed by atoms with Crippen molar-refractivity contribution in [2.45, 2.75) is 30.0 Å². The predicted molar refractivity (Wildman–Crippen MR) is 53.5 cm³/mol. The van der Waals surface area contributed by atoms with Gasteiger partial charge in [-0.05, 0) is 36.8 Å². The summed E-state index contributed by atoms with van der Waals surface area (Å²) in [5.41, 5.74) is 0.831. The van der Waals surface area contributed by atoms with Gasteiger partial charge in [0.25, 0.3) is 0 Å². The lowest BCUT2D eigenvalue weighted by molar-refractivity contribution is 0.575. The molecule has 1 aliphatic carbocycles. The van der Waals surface area contributed by atoms with Crippen molar-refractivity contribution in [2.24, 2.45) is 0 Å². The Morgan fingerprint density at radius 3 is 2.92 bits per heavy atom. The molecule has 0 radical (unpaired) electrons. The van der Waals surface area contributed by atoms with Gasteiger partial charge >= 0.3 is 0 Å². The number of hydrogen-bond acceptors (Lipinski definition) is 1. The summed E-state index contributed by atoms with van der Waals surface area (Å²) in [4.78, 5) is 4.31. The average molecular weight is 244 g/mol. The van der Waals surface area contributed by atoms with Gasteiger partial charge in [-0.15, -0.1) is 0 Å². The Morgan fingerprint density at radius 1 is 1.46 bits per heavy atom. The topological polar surface area (TPSA) is 12.9 Å². The fraction of sp³-hybridized carbons (Fsp3) is 0.500. The molecule has 0 bridgehead atoms. The van der Waals surface area contributed by atoms with Crippen LogP contribution in [0.4, 0.5) is 4.39 Å². The normalized spacial score (nSPS) is 27.8. The van der Waals surface area contributed by atoms with Gasteiger partial charge in [0.05, 0.1) is 6.20 Å². The number of hydrogen-bond donors (Lipinski definition) is 0. The average Bonchev–Trinajstić information content (AvgIpc) is 2.53. The third-order valence-electron chi connectivity index (χ3n) is 2.61. The Hall–Kier alpha value is -0.440. The van der Waals surface area contributed by atoms with Crippen molar-refractivity contribution in [3.8, 4) is 0 Å². The highest BCUT2D eigenvalue weighted by Crippen LogP contribution is 2.38. The number of aromatic nitrogens is 1. The van der Waals surface area contributed by atoms with Crippen molar-refractivity contribution < 1.29 is 4.39 Å². The van der Waals surface area contributed by atoms with Crippen LogP contribution in [0.2, 0.25) is 0 Å². The molecule has 1 heterocycles. The Morgan fingerprint density at radius 2 is 2.31 bits per heavy atom. The van der Waals surface area contributed by atoms with Crippen molar-refractivity contribution >= 4 is 15.9 Å². The highest BCUT2D eigenvalue weighted by molar-refractivity contribution is 9.09. The van der Waals surface area contributed by atoms with Crippen LogP contribution in [0.25, 0.3) is 0 Å². The number of rotatable bonds is 1. The van der Waals surface area contributed by atoms with Gasteiger partial charge in [0, 0.05) is 11.0 Å². The first-order chi connectivity index (χ1) is 6.27. The second kappa shape index (κ2) is 3.74. The van der Waals surface area contributed by atoms with Gasteiger partial charge in [0.2, 0.25) is 0 Å². The minimum atomic E-state index is -0.158. The molecule has 1 saturated carbocycles. The first kappa shape index (κ1) is 9.13. The maximum Gasteiger partial charge on any atom is 0.144 e. The molecule has 0 aromatic carbocycles. The van der Waals surface area contributed by atoms with Crippen molar-refractivity contribution in [2.75, 3.05) is 0 Å². The van der Waals surface area contributed by atoms with Gasteiger partial charge < -0.3 is 0 Å². The molecule has 0 aliphatic heterocycles. The quantitative estimate of drug-likeness (QED) is 0.691. The van der Waals surface area contributed by atoms with E-state index in [4.69, 9.17) is 0 Å². The van der Waals surface area contributed by atoms with Gasteiger partial charge in [0.15, 0.2) is 0 Å². The summed E-state index contributed by atoms with van der Waals surface area (Å²) >= 11 is 3.56. The number of nitrogens with zero attached hydrogens (tertiary/aromatic N) is 1. The Bertz CT molecular complexity index is 303. The van der Waals surface area contributed by atoms with E-state index in [9.17, 15) is 4.39 Å². The van der Waals surface area contributed by atoms with Crippen molar-refractivity contribution in [3.05, 3.63) is 29.8 Å². The van der Waals surface area contributed by atoms with Crippen LogP contribution in [0, 0.1) is 5.82 Å². The Kier molecular flexibility index (Phi) is 2.63. The van der Waals surface area contributed by atoms with Crippen LogP contribution in [0.15, 0.2) is 18.5 Å². The van der Waals surface area contributed by atoms with Crippen LogP contribution in [-0.2, 0) is 0 Å². The summed E-state index contributed by atoms with van der Waals surface area (Å²) in [7, 11) is 0. The highest BCUT2D eigenvalue weighted by Gasteiger charge is 2.25. The molecule has 1 aromatic heterocycles. The fourth-order valence-electron chi connectivity index (χ4n) is 1.93. The van der Waals surface area contributed by atoms with Crippen LogP contribution in [-0.4, -0.2) is 9.81 Å². The molecule has 0 N–H and O–H groups in total. The zero-order valence-electron chi connectivity index (χ0n) is 7.21. The van der Waals surface area contributed by atoms with Gasteiger partial charge in [-0.3, -0.25) is 4.98 Å². The van der Waals surface area contributed by atoms with Crippen molar-refractivity contribution in [3.63, 3.8) is 0 Å². The number of halogens is 2. The lowest BCUT2D eigenvalue weighted by atomic mass is 9.99. The molecule has 1 nitrogen and oxygen atoms in total. The van der Waals surface area contributed by atoms with Crippen molar-refractivity contribution in [1.29, 1.82) is 0 Å². The summed E-state index contributed by atoms with van der Waals surface area (Å²) in [6.45, 7) is 0. The van der Waals surface area contributed by atoms with E-state index in [1.165, 1.54) is 6.20 Å². The molecule has 2 rings (SSSR count). The van der Waals surface area contributed by atoms with Crippen LogP contribution in [0.3, 0.4) is 0 Å². The van der Waals surface area contributed by atoms with E-state index in [-0.39, 0.29) is 5.82 Å². The van der Waals surface area contributed by atoms with E-state index in [1.807, 2.05) is 0 Å². The minimum Gasteiger partial charge on any atom is -0.262 e. The van der Waals surface area contributed by atoms with E-state index in [1.54, 1.807) is 12.3 Å². The second-order valence-corrected chi connectivity index (χ2v) is 4.80. The Balaban J connectivity index is 2.21. The summed E-state index contributed by atoms with van der Waals surface area (Å²) < 4.78 is 13.3. The van der Waals surface area contributed by atoms with E-state index >= 15 is 0 Å². The first-order valence-electron chi connectivity index (χ1n) is 4.51. The smallest absolute Gasteiger partial charge is 0.144 e. The molecule has 1 aromatic rings. The standard InChI is InChI=1S/C10H11BrFN/c11-8-2-1-7(5-8)9-3-4-13-6-10(9)12/h3-4,6-8H,1-2,5H2. The maximum absolute atomic E-state index is 13.3. The third-order valence-corrected chi connectivity index (χ3v) is 3.44. The highest BCUT2D eigenvalue weighted by atomic mass is 79.9. The number of alkyl halides is 1. The molecule has 13 heavy (non-hydrogen) atoms. The summed E-state index contributed by atoms with van der Waals surface area (Å²) in [6, 6.07) is 1.80. The van der Waals surface area contributed by atoms with Crippen LogP contribution >= 0.6 is 15.9 Å². The molecular formula is C10H11BrFN.